The van der Waals surface area contributed by atoms with E-state index in [2.05, 4.69) is 10.3 Å². The average molecular weight is 329 g/mol. The molecule has 0 spiro atoms. The number of benzene rings is 1. The van der Waals surface area contributed by atoms with Gasteiger partial charge in [-0.25, -0.2) is 9.07 Å². The number of aliphatic hydroxyl groups is 1. The van der Waals surface area contributed by atoms with Gasteiger partial charge in [0.25, 0.3) is 0 Å². The molecule has 0 unspecified atom stereocenters. The van der Waals surface area contributed by atoms with Crippen LogP contribution in [0.3, 0.4) is 0 Å². The Labute approximate surface area is 140 Å². The summed E-state index contributed by atoms with van der Waals surface area (Å²) in [6.45, 7) is 4.88. The van der Waals surface area contributed by atoms with Crippen LogP contribution in [0.2, 0.25) is 0 Å². The van der Waals surface area contributed by atoms with Gasteiger partial charge in [0.15, 0.2) is 0 Å². The van der Waals surface area contributed by atoms with Crippen LogP contribution in [0.1, 0.15) is 44.0 Å². The van der Waals surface area contributed by atoms with Crippen molar-refractivity contribution in [1.29, 1.82) is 5.26 Å². The van der Waals surface area contributed by atoms with E-state index in [1.165, 1.54) is 6.07 Å². The molecule has 1 aromatic heterocycles. The fourth-order valence-electron chi connectivity index (χ4n) is 3.08. The van der Waals surface area contributed by atoms with E-state index < -0.39 is 11.4 Å². The fourth-order valence-corrected chi connectivity index (χ4v) is 3.08. The fraction of sp³-hybridized carbons (Fsp3) is 0.471. The molecule has 2 heterocycles. The summed E-state index contributed by atoms with van der Waals surface area (Å²) in [4.78, 5) is 1.85. The van der Waals surface area contributed by atoms with Crippen LogP contribution >= 0.6 is 0 Å². The number of piperidine rings is 1. The zero-order valence-corrected chi connectivity index (χ0v) is 13.8. The maximum absolute atomic E-state index is 13.9. The van der Waals surface area contributed by atoms with Crippen LogP contribution < -0.4 is 4.90 Å². The molecule has 126 valence electrons. The summed E-state index contributed by atoms with van der Waals surface area (Å²) in [7, 11) is 0. The first-order valence-electron chi connectivity index (χ1n) is 8.03. The van der Waals surface area contributed by atoms with Crippen LogP contribution in [-0.4, -0.2) is 33.2 Å². The summed E-state index contributed by atoms with van der Waals surface area (Å²) in [6.07, 6.45) is 3.02. The Balaban J connectivity index is 1.91. The topological polar surface area (TPSA) is 78.0 Å². The second-order valence-corrected chi connectivity index (χ2v) is 6.48. The SMILES string of the molecule is CC(C)n1cc([C@]2(O)CCCN(c3cccc(F)c3C#N)C2)nn1. The maximum Gasteiger partial charge on any atom is 0.143 e. The van der Waals surface area contributed by atoms with Crippen molar-refractivity contribution in [2.24, 2.45) is 0 Å². The Morgan fingerprint density at radius 1 is 1.42 bits per heavy atom. The summed E-state index contributed by atoms with van der Waals surface area (Å²) in [5, 5.41) is 28.5. The summed E-state index contributed by atoms with van der Waals surface area (Å²) in [6, 6.07) is 6.63. The number of nitriles is 1. The van der Waals surface area contributed by atoms with Gasteiger partial charge in [0.05, 0.1) is 18.4 Å². The second kappa shape index (κ2) is 6.21. The Kier molecular flexibility index (Phi) is 4.24. The van der Waals surface area contributed by atoms with Crippen LogP contribution in [0, 0.1) is 17.1 Å². The molecule has 2 aromatic rings. The number of hydrogen-bond donors (Lipinski definition) is 1. The molecule has 0 amide bonds. The van der Waals surface area contributed by atoms with Gasteiger partial charge in [0.2, 0.25) is 0 Å². The zero-order chi connectivity index (χ0) is 17.3. The third-order valence-corrected chi connectivity index (χ3v) is 4.43. The van der Waals surface area contributed by atoms with Gasteiger partial charge >= 0.3 is 0 Å². The van der Waals surface area contributed by atoms with Gasteiger partial charge in [-0.15, -0.1) is 5.10 Å². The van der Waals surface area contributed by atoms with E-state index in [9.17, 15) is 14.8 Å². The number of hydrogen-bond acceptors (Lipinski definition) is 5. The first-order chi connectivity index (χ1) is 11.4. The number of halogens is 1. The van der Waals surface area contributed by atoms with E-state index in [0.29, 0.717) is 30.8 Å². The van der Waals surface area contributed by atoms with Crippen molar-refractivity contribution in [1.82, 2.24) is 15.0 Å². The predicted molar refractivity (Wildman–Crippen MR) is 86.9 cm³/mol. The molecule has 1 aromatic carbocycles. The number of anilines is 1. The van der Waals surface area contributed by atoms with Crippen molar-refractivity contribution in [3.63, 3.8) is 0 Å². The summed E-state index contributed by atoms with van der Waals surface area (Å²) < 4.78 is 15.6. The standard InChI is InChI=1S/C17H20FN5O/c1-12(2)23-10-16(20-21-23)17(24)7-4-8-22(11-17)15-6-3-5-14(18)13(15)9-19/h3,5-6,10,12,24H,4,7-8,11H2,1-2H3/t17-/m0/s1. The van der Waals surface area contributed by atoms with Gasteiger partial charge in [0.1, 0.15) is 28.7 Å². The highest BCUT2D eigenvalue weighted by molar-refractivity contribution is 5.60. The molecular weight excluding hydrogens is 309 g/mol. The van der Waals surface area contributed by atoms with E-state index in [-0.39, 0.29) is 18.2 Å². The van der Waals surface area contributed by atoms with Crippen molar-refractivity contribution in [2.75, 3.05) is 18.0 Å². The van der Waals surface area contributed by atoms with Gasteiger partial charge < -0.3 is 10.0 Å². The minimum Gasteiger partial charge on any atom is -0.382 e. The van der Waals surface area contributed by atoms with E-state index in [1.807, 2.05) is 24.8 Å². The van der Waals surface area contributed by atoms with Gasteiger partial charge in [-0.2, -0.15) is 5.26 Å². The lowest BCUT2D eigenvalue weighted by Gasteiger charge is -2.39. The molecule has 7 heteroatoms. The lowest BCUT2D eigenvalue weighted by atomic mass is 9.89. The lowest BCUT2D eigenvalue weighted by Crippen LogP contribution is -2.46. The number of nitrogens with zero attached hydrogens (tertiary/aromatic N) is 5. The lowest BCUT2D eigenvalue weighted by molar-refractivity contribution is 0.0176. The summed E-state index contributed by atoms with van der Waals surface area (Å²) in [5.74, 6) is -0.546. The number of rotatable bonds is 3. The largest absolute Gasteiger partial charge is 0.382 e. The zero-order valence-electron chi connectivity index (χ0n) is 13.8. The van der Waals surface area contributed by atoms with Crippen molar-refractivity contribution in [3.05, 3.63) is 41.5 Å². The molecule has 0 aliphatic carbocycles. The minimum atomic E-state index is -1.16. The van der Waals surface area contributed by atoms with Crippen LogP contribution in [-0.2, 0) is 5.60 Å². The first-order valence-corrected chi connectivity index (χ1v) is 8.03. The molecule has 3 rings (SSSR count). The smallest absolute Gasteiger partial charge is 0.143 e. The van der Waals surface area contributed by atoms with Crippen molar-refractivity contribution >= 4 is 5.69 Å². The van der Waals surface area contributed by atoms with Crippen molar-refractivity contribution in [3.8, 4) is 6.07 Å². The number of aromatic nitrogens is 3. The normalized spacial score (nSPS) is 21.1. The Morgan fingerprint density at radius 2 is 2.21 bits per heavy atom. The molecule has 1 saturated heterocycles. The Bertz CT molecular complexity index is 782. The third kappa shape index (κ3) is 2.85. The van der Waals surface area contributed by atoms with Crippen molar-refractivity contribution in [2.45, 2.75) is 38.3 Å². The van der Waals surface area contributed by atoms with Crippen LogP contribution in [0.15, 0.2) is 24.4 Å². The molecule has 1 N–H and O–H groups in total. The molecule has 1 atom stereocenters. The van der Waals surface area contributed by atoms with Crippen LogP contribution in [0.4, 0.5) is 10.1 Å². The molecule has 1 fully saturated rings. The van der Waals surface area contributed by atoms with Gasteiger partial charge in [-0.05, 0) is 38.8 Å². The van der Waals surface area contributed by atoms with Gasteiger partial charge in [-0.3, -0.25) is 0 Å². The highest BCUT2D eigenvalue weighted by atomic mass is 19.1. The molecule has 0 saturated carbocycles. The maximum atomic E-state index is 13.9. The highest BCUT2D eigenvalue weighted by Gasteiger charge is 2.38. The average Bonchev–Trinajstić information content (AvgIpc) is 3.06. The summed E-state index contributed by atoms with van der Waals surface area (Å²) >= 11 is 0. The van der Waals surface area contributed by atoms with Gasteiger partial charge in [-0.1, -0.05) is 11.3 Å². The van der Waals surface area contributed by atoms with E-state index >= 15 is 0 Å². The molecule has 1 aliphatic rings. The molecule has 0 radical (unpaired) electrons. The molecule has 6 nitrogen and oxygen atoms in total. The Morgan fingerprint density at radius 3 is 2.88 bits per heavy atom. The van der Waals surface area contributed by atoms with Crippen LogP contribution in [0.5, 0.6) is 0 Å². The third-order valence-electron chi connectivity index (χ3n) is 4.43. The van der Waals surface area contributed by atoms with Crippen molar-refractivity contribution < 1.29 is 9.50 Å². The Hall–Kier alpha value is -2.46. The molecule has 24 heavy (non-hydrogen) atoms. The monoisotopic (exact) mass is 329 g/mol. The summed E-state index contributed by atoms with van der Waals surface area (Å²) in [5.41, 5.74) is -0.139. The van der Waals surface area contributed by atoms with Gasteiger partial charge in [0, 0.05) is 12.6 Å². The second-order valence-electron chi connectivity index (χ2n) is 6.48. The number of β-amino-alcohol motifs (C(OH)–C–C–N with tert-alkyl or cyclic N) is 1. The predicted octanol–water partition coefficient (Wildman–Crippen LogP) is 2.36. The molecule has 1 aliphatic heterocycles. The van der Waals surface area contributed by atoms with E-state index in [1.54, 1.807) is 23.0 Å². The van der Waals surface area contributed by atoms with E-state index in [4.69, 9.17) is 0 Å². The van der Waals surface area contributed by atoms with E-state index in [0.717, 1.165) is 0 Å². The molecule has 0 bridgehead atoms. The first kappa shape index (κ1) is 16.4. The highest BCUT2D eigenvalue weighted by Crippen LogP contribution is 2.34. The quantitative estimate of drug-likeness (QED) is 0.935. The molecular formula is C17H20FN5O. The minimum absolute atomic E-state index is 0.00702. The van der Waals surface area contributed by atoms with Crippen LogP contribution in [0.25, 0.3) is 0 Å².